The summed E-state index contributed by atoms with van der Waals surface area (Å²) in [4.78, 5) is 2.41. The molecule has 1 aliphatic rings. The molecular formula is C10H21N3O. The molecule has 14 heavy (non-hydrogen) atoms. The van der Waals surface area contributed by atoms with Crippen molar-refractivity contribution in [2.24, 2.45) is 22.7 Å². The van der Waals surface area contributed by atoms with Gasteiger partial charge in [-0.15, -0.1) is 0 Å². The van der Waals surface area contributed by atoms with Crippen LogP contribution in [0.25, 0.3) is 0 Å². The smallest absolute Gasteiger partial charge is 0.140 e. The highest BCUT2D eigenvalue weighted by Gasteiger charge is 2.29. The lowest BCUT2D eigenvalue weighted by Gasteiger charge is -2.23. The summed E-state index contributed by atoms with van der Waals surface area (Å²) in [6, 6.07) is 0.373. The van der Waals surface area contributed by atoms with Crippen LogP contribution in [0.1, 0.15) is 27.2 Å². The van der Waals surface area contributed by atoms with Gasteiger partial charge in [0.25, 0.3) is 0 Å². The van der Waals surface area contributed by atoms with Gasteiger partial charge in [0.15, 0.2) is 0 Å². The highest BCUT2D eigenvalue weighted by Crippen LogP contribution is 2.24. The number of hydrogen-bond donors (Lipinski definition) is 2. The quantitative estimate of drug-likeness (QED) is 0.310. The molecular weight excluding hydrogens is 178 g/mol. The second-order valence-corrected chi connectivity index (χ2v) is 4.55. The topological polar surface area (TPSA) is 61.8 Å². The fourth-order valence-corrected chi connectivity index (χ4v) is 2.01. The Labute approximate surface area is 85.8 Å². The van der Waals surface area contributed by atoms with Crippen molar-refractivity contribution in [3.8, 4) is 0 Å². The zero-order chi connectivity index (χ0) is 10.7. The molecule has 4 nitrogen and oxygen atoms in total. The van der Waals surface area contributed by atoms with Gasteiger partial charge in [0.05, 0.1) is 0 Å². The number of likely N-dealkylation sites (tertiary alicyclic amines) is 1. The van der Waals surface area contributed by atoms with Crippen molar-refractivity contribution >= 4 is 5.84 Å². The maximum atomic E-state index is 8.47. The molecule has 1 heterocycles. The fourth-order valence-electron chi connectivity index (χ4n) is 2.01. The summed E-state index contributed by atoms with van der Waals surface area (Å²) in [5.74, 6) is 1.83. The first kappa shape index (κ1) is 11.3. The summed E-state index contributed by atoms with van der Waals surface area (Å²) in [6.45, 7) is 8.94. The largest absolute Gasteiger partial charge is 0.409 e. The van der Waals surface area contributed by atoms with Crippen LogP contribution in [-0.4, -0.2) is 35.1 Å². The molecule has 1 aliphatic heterocycles. The minimum absolute atomic E-state index is 0.324. The zero-order valence-corrected chi connectivity index (χ0v) is 9.27. The second kappa shape index (κ2) is 4.64. The van der Waals surface area contributed by atoms with Gasteiger partial charge in [-0.2, -0.15) is 0 Å². The van der Waals surface area contributed by atoms with Gasteiger partial charge >= 0.3 is 0 Å². The molecule has 0 amide bonds. The molecule has 0 radical (unpaired) electrons. The fraction of sp³-hybridized carbons (Fsp3) is 0.900. The van der Waals surface area contributed by atoms with Crippen molar-refractivity contribution < 1.29 is 5.21 Å². The van der Waals surface area contributed by atoms with Crippen LogP contribution in [0.2, 0.25) is 0 Å². The van der Waals surface area contributed by atoms with Gasteiger partial charge in [0, 0.05) is 25.6 Å². The molecule has 4 heteroatoms. The van der Waals surface area contributed by atoms with Crippen LogP contribution in [-0.2, 0) is 0 Å². The number of amidine groups is 1. The molecule has 0 aliphatic carbocycles. The van der Waals surface area contributed by atoms with Gasteiger partial charge in [-0.05, 0) is 18.8 Å². The molecule has 0 aromatic rings. The lowest BCUT2D eigenvalue weighted by atomic mass is 10.0. The van der Waals surface area contributed by atoms with E-state index >= 15 is 0 Å². The Balaban J connectivity index is 2.43. The van der Waals surface area contributed by atoms with E-state index in [1.807, 2.05) is 0 Å². The van der Waals surface area contributed by atoms with E-state index in [9.17, 15) is 0 Å². The van der Waals surface area contributed by atoms with Crippen molar-refractivity contribution in [3.05, 3.63) is 0 Å². The maximum Gasteiger partial charge on any atom is 0.140 e. The molecule has 3 atom stereocenters. The summed E-state index contributed by atoms with van der Waals surface area (Å²) in [5, 5.41) is 11.5. The summed E-state index contributed by atoms with van der Waals surface area (Å²) in [6.07, 6.45) is 0.649. The number of oxime groups is 1. The van der Waals surface area contributed by atoms with E-state index in [4.69, 9.17) is 10.9 Å². The van der Waals surface area contributed by atoms with E-state index in [0.29, 0.717) is 18.3 Å². The van der Waals surface area contributed by atoms with Crippen LogP contribution in [0.4, 0.5) is 0 Å². The van der Waals surface area contributed by atoms with E-state index in [2.05, 4.69) is 30.8 Å². The lowest BCUT2D eigenvalue weighted by Crippen LogP contribution is -2.34. The van der Waals surface area contributed by atoms with E-state index in [1.54, 1.807) is 0 Å². The minimum atomic E-state index is 0.324. The maximum absolute atomic E-state index is 8.47. The molecule has 1 fully saturated rings. The average Bonchev–Trinajstić information content (AvgIpc) is 2.47. The first-order chi connectivity index (χ1) is 6.54. The monoisotopic (exact) mass is 199 g/mol. The van der Waals surface area contributed by atoms with Crippen LogP contribution in [0.15, 0.2) is 5.16 Å². The second-order valence-electron chi connectivity index (χ2n) is 4.55. The highest BCUT2D eigenvalue weighted by molar-refractivity contribution is 5.80. The van der Waals surface area contributed by atoms with Crippen LogP contribution >= 0.6 is 0 Å². The summed E-state index contributed by atoms with van der Waals surface area (Å²) >= 11 is 0. The van der Waals surface area contributed by atoms with Crippen molar-refractivity contribution in [1.82, 2.24) is 4.90 Å². The Morgan fingerprint density at radius 1 is 1.50 bits per heavy atom. The van der Waals surface area contributed by atoms with Crippen molar-refractivity contribution in [2.45, 2.75) is 33.2 Å². The third-order valence-corrected chi connectivity index (χ3v) is 3.27. The SMILES string of the molecule is CC1CN(C(C)C/C(N)=N/O)CC1C. The minimum Gasteiger partial charge on any atom is -0.409 e. The Bertz CT molecular complexity index is 207. The molecule has 82 valence electrons. The van der Waals surface area contributed by atoms with Gasteiger partial charge < -0.3 is 10.9 Å². The number of nitrogens with two attached hydrogens (primary N) is 1. The summed E-state index contributed by atoms with van der Waals surface area (Å²) < 4.78 is 0. The van der Waals surface area contributed by atoms with Crippen molar-refractivity contribution in [3.63, 3.8) is 0 Å². The standard InChI is InChI=1S/C10H21N3O/c1-7-5-13(6-8(7)2)9(3)4-10(11)12-14/h7-9,14H,4-6H2,1-3H3,(H2,11,12). The van der Waals surface area contributed by atoms with Gasteiger partial charge in [0.1, 0.15) is 5.84 Å². The molecule has 0 aromatic carbocycles. The Kier molecular flexibility index (Phi) is 3.75. The molecule has 0 bridgehead atoms. The van der Waals surface area contributed by atoms with E-state index < -0.39 is 0 Å². The predicted molar refractivity (Wildman–Crippen MR) is 57.4 cm³/mol. The van der Waals surface area contributed by atoms with Crippen LogP contribution < -0.4 is 5.73 Å². The number of rotatable bonds is 3. The Morgan fingerprint density at radius 2 is 2.00 bits per heavy atom. The predicted octanol–water partition coefficient (Wildman–Crippen LogP) is 1.10. The van der Waals surface area contributed by atoms with Crippen LogP contribution in [0.5, 0.6) is 0 Å². The molecule has 1 rings (SSSR count). The van der Waals surface area contributed by atoms with Gasteiger partial charge in [-0.3, -0.25) is 4.90 Å². The summed E-state index contributed by atoms with van der Waals surface area (Å²) in [5.41, 5.74) is 5.48. The van der Waals surface area contributed by atoms with Crippen LogP contribution in [0, 0.1) is 11.8 Å². The number of hydrogen-bond acceptors (Lipinski definition) is 3. The first-order valence-electron chi connectivity index (χ1n) is 5.25. The van der Waals surface area contributed by atoms with Crippen LogP contribution in [0.3, 0.4) is 0 Å². The van der Waals surface area contributed by atoms with Gasteiger partial charge in [-0.25, -0.2) is 0 Å². The third kappa shape index (κ3) is 2.61. The third-order valence-electron chi connectivity index (χ3n) is 3.27. The molecule has 1 saturated heterocycles. The molecule has 0 saturated carbocycles. The molecule has 3 unspecified atom stereocenters. The van der Waals surface area contributed by atoms with Crippen molar-refractivity contribution in [1.29, 1.82) is 0 Å². The molecule has 0 spiro atoms. The number of nitrogens with zero attached hydrogens (tertiary/aromatic N) is 2. The van der Waals surface area contributed by atoms with E-state index in [0.717, 1.165) is 24.9 Å². The first-order valence-corrected chi connectivity index (χ1v) is 5.25. The van der Waals surface area contributed by atoms with E-state index in [-0.39, 0.29) is 0 Å². The average molecular weight is 199 g/mol. The Hall–Kier alpha value is -0.770. The van der Waals surface area contributed by atoms with E-state index in [1.165, 1.54) is 0 Å². The lowest BCUT2D eigenvalue weighted by molar-refractivity contribution is 0.249. The summed E-state index contributed by atoms with van der Waals surface area (Å²) in [7, 11) is 0. The highest BCUT2D eigenvalue weighted by atomic mass is 16.4. The normalized spacial score (nSPS) is 32.1. The van der Waals surface area contributed by atoms with Gasteiger partial charge in [0.2, 0.25) is 0 Å². The Morgan fingerprint density at radius 3 is 2.43 bits per heavy atom. The van der Waals surface area contributed by atoms with Gasteiger partial charge in [-0.1, -0.05) is 19.0 Å². The van der Waals surface area contributed by atoms with Crippen molar-refractivity contribution in [2.75, 3.05) is 13.1 Å². The zero-order valence-electron chi connectivity index (χ0n) is 9.27. The molecule has 0 aromatic heterocycles. The molecule has 3 N–H and O–H groups in total.